The zero-order valence-corrected chi connectivity index (χ0v) is 12.9. The largest absolute Gasteiger partial charge is 0.306 e. The van der Waals surface area contributed by atoms with Crippen LogP contribution < -0.4 is 5.32 Å². The van der Waals surface area contributed by atoms with Crippen LogP contribution >= 0.6 is 23.2 Å². The molecule has 2 rings (SSSR count). The molecule has 0 fully saturated rings. The molecule has 0 aliphatic carbocycles. The molecule has 106 valence electrons. The monoisotopic (exact) mass is 311 g/mol. The molecule has 2 aromatic carbocycles. The molecule has 0 amide bonds. The van der Waals surface area contributed by atoms with Crippen molar-refractivity contribution in [2.24, 2.45) is 0 Å². The summed E-state index contributed by atoms with van der Waals surface area (Å²) in [6.07, 6.45) is 0. The molecule has 0 heterocycles. The van der Waals surface area contributed by atoms with Crippen molar-refractivity contribution in [1.29, 1.82) is 0 Å². The Balaban J connectivity index is 2.56. The highest BCUT2D eigenvalue weighted by Crippen LogP contribution is 2.34. The molecule has 0 saturated heterocycles. The van der Waals surface area contributed by atoms with Crippen LogP contribution in [0.25, 0.3) is 0 Å². The van der Waals surface area contributed by atoms with E-state index in [1.54, 1.807) is 18.2 Å². The smallest absolute Gasteiger partial charge is 0.123 e. The third-order valence-corrected chi connectivity index (χ3v) is 3.75. The lowest BCUT2D eigenvalue weighted by atomic mass is 9.97. The summed E-state index contributed by atoms with van der Waals surface area (Å²) in [5.74, 6) is -0.258. The molecule has 4 heteroatoms. The average Bonchev–Trinajstić information content (AvgIpc) is 2.36. The first-order valence-electron chi connectivity index (χ1n) is 6.47. The van der Waals surface area contributed by atoms with Crippen LogP contribution in [0.4, 0.5) is 4.39 Å². The molecule has 1 unspecified atom stereocenters. The van der Waals surface area contributed by atoms with Gasteiger partial charge in [0.1, 0.15) is 5.82 Å². The van der Waals surface area contributed by atoms with Gasteiger partial charge < -0.3 is 5.32 Å². The Hall–Kier alpha value is -1.09. The van der Waals surface area contributed by atoms with E-state index in [9.17, 15) is 4.39 Å². The molecule has 1 N–H and O–H groups in total. The molecule has 0 saturated carbocycles. The number of benzene rings is 2. The molecule has 0 radical (unpaired) electrons. The molecule has 0 aromatic heterocycles. The lowest BCUT2D eigenvalue weighted by molar-refractivity contribution is 0.602. The zero-order valence-electron chi connectivity index (χ0n) is 11.4. The maximum atomic E-state index is 13.7. The van der Waals surface area contributed by atoms with Crippen molar-refractivity contribution in [1.82, 2.24) is 5.32 Å². The van der Waals surface area contributed by atoms with Crippen molar-refractivity contribution in [3.8, 4) is 0 Å². The highest BCUT2D eigenvalue weighted by molar-refractivity contribution is 6.36. The van der Waals surface area contributed by atoms with Gasteiger partial charge >= 0.3 is 0 Å². The molecule has 1 atom stereocenters. The Labute approximate surface area is 128 Å². The van der Waals surface area contributed by atoms with Gasteiger partial charge in [0.25, 0.3) is 0 Å². The van der Waals surface area contributed by atoms with Gasteiger partial charge in [0.15, 0.2) is 0 Å². The predicted octanol–water partition coefficient (Wildman–Crippen LogP) is 5.14. The van der Waals surface area contributed by atoms with Crippen LogP contribution in [0, 0.1) is 12.7 Å². The molecule has 0 aliphatic rings. The van der Waals surface area contributed by atoms with E-state index in [0.29, 0.717) is 10.0 Å². The number of halogens is 3. The molecule has 2 aromatic rings. The minimum absolute atomic E-state index is 0.226. The first-order valence-corrected chi connectivity index (χ1v) is 7.23. The summed E-state index contributed by atoms with van der Waals surface area (Å²) in [6.45, 7) is 4.58. The lowest BCUT2D eigenvalue weighted by Crippen LogP contribution is -2.23. The minimum Gasteiger partial charge on any atom is -0.306 e. The fraction of sp³-hybridized carbons (Fsp3) is 0.250. The number of nitrogens with one attached hydrogen (secondary N) is 1. The molecule has 0 aliphatic heterocycles. The van der Waals surface area contributed by atoms with Gasteiger partial charge in [-0.1, -0.05) is 42.3 Å². The molecule has 0 bridgehead atoms. The van der Waals surface area contributed by atoms with E-state index in [1.165, 1.54) is 12.1 Å². The van der Waals surface area contributed by atoms with E-state index in [1.807, 2.05) is 19.9 Å². The van der Waals surface area contributed by atoms with E-state index >= 15 is 0 Å². The third kappa shape index (κ3) is 3.32. The second kappa shape index (κ2) is 6.57. The van der Waals surface area contributed by atoms with Crippen molar-refractivity contribution >= 4 is 23.2 Å². The van der Waals surface area contributed by atoms with Crippen LogP contribution in [0.15, 0.2) is 36.4 Å². The van der Waals surface area contributed by atoms with Crippen LogP contribution in [0.3, 0.4) is 0 Å². The summed E-state index contributed by atoms with van der Waals surface area (Å²) < 4.78 is 13.7. The Kier molecular flexibility index (Phi) is 5.03. The Morgan fingerprint density at radius 3 is 2.35 bits per heavy atom. The van der Waals surface area contributed by atoms with Gasteiger partial charge in [-0.2, -0.15) is 0 Å². The minimum atomic E-state index is -0.258. The summed E-state index contributed by atoms with van der Waals surface area (Å²) in [6, 6.07) is 10.1. The van der Waals surface area contributed by atoms with Gasteiger partial charge in [-0.3, -0.25) is 0 Å². The van der Waals surface area contributed by atoms with Crippen LogP contribution in [-0.2, 0) is 0 Å². The zero-order chi connectivity index (χ0) is 14.7. The molecule has 20 heavy (non-hydrogen) atoms. The highest BCUT2D eigenvalue weighted by Gasteiger charge is 2.20. The van der Waals surface area contributed by atoms with Crippen molar-refractivity contribution < 1.29 is 4.39 Å². The van der Waals surface area contributed by atoms with Gasteiger partial charge in [0, 0.05) is 15.6 Å². The molecular formula is C16H16Cl2FN. The van der Waals surface area contributed by atoms with E-state index in [0.717, 1.165) is 23.2 Å². The lowest BCUT2D eigenvalue weighted by Gasteiger charge is -2.22. The third-order valence-electron chi connectivity index (χ3n) is 3.09. The molecular weight excluding hydrogens is 296 g/mol. The SMILES string of the molecule is CCNC(c1cc(C)cc(F)c1)c1c(Cl)cccc1Cl. The van der Waals surface area contributed by atoms with Gasteiger partial charge in [-0.05, 0) is 48.9 Å². The van der Waals surface area contributed by atoms with Crippen LogP contribution in [0.2, 0.25) is 10.0 Å². The number of hydrogen-bond acceptors (Lipinski definition) is 1. The second-order valence-corrected chi connectivity index (χ2v) is 5.50. The molecule has 1 nitrogen and oxygen atoms in total. The standard InChI is InChI=1S/C16H16Cl2FN/c1-3-20-16(11-7-10(2)8-12(19)9-11)15-13(17)5-4-6-14(15)18/h4-9,16,20H,3H2,1-2H3. The maximum absolute atomic E-state index is 13.7. The van der Waals surface area contributed by atoms with E-state index < -0.39 is 0 Å². The fourth-order valence-electron chi connectivity index (χ4n) is 2.31. The topological polar surface area (TPSA) is 12.0 Å². The first-order chi connectivity index (χ1) is 9.52. The van der Waals surface area contributed by atoms with Crippen molar-refractivity contribution in [3.63, 3.8) is 0 Å². The molecule has 0 spiro atoms. The second-order valence-electron chi connectivity index (χ2n) is 4.69. The van der Waals surface area contributed by atoms with Crippen molar-refractivity contribution in [2.45, 2.75) is 19.9 Å². The number of hydrogen-bond donors (Lipinski definition) is 1. The Morgan fingerprint density at radius 2 is 1.80 bits per heavy atom. The summed E-state index contributed by atoms with van der Waals surface area (Å²) >= 11 is 12.5. The number of aryl methyl sites for hydroxylation is 1. The van der Waals surface area contributed by atoms with E-state index in [2.05, 4.69) is 5.32 Å². The number of rotatable bonds is 4. The summed E-state index contributed by atoms with van der Waals surface area (Å²) in [4.78, 5) is 0. The van der Waals surface area contributed by atoms with Gasteiger partial charge in [0.2, 0.25) is 0 Å². The van der Waals surface area contributed by atoms with Gasteiger partial charge in [0.05, 0.1) is 6.04 Å². The highest BCUT2D eigenvalue weighted by atomic mass is 35.5. The van der Waals surface area contributed by atoms with Crippen LogP contribution in [-0.4, -0.2) is 6.54 Å². The van der Waals surface area contributed by atoms with Crippen molar-refractivity contribution in [3.05, 3.63) is 69.0 Å². The average molecular weight is 312 g/mol. The Morgan fingerprint density at radius 1 is 1.15 bits per heavy atom. The van der Waals surface area contributed by atoms with E-state index in [-0.39, 0.29) is 11.9 Å². The van der Waals surface area contributed by atoms with E-state index in [4.69, 9.17) is 23.2 Å². The van der Waals surface area contributed by atoms with Crippen LogP contribution in [0.5, 0.6) is 0 Å². The summed E-state index contributed by atoms with van der Waals surface area (Å²) in [5, 5.41) is 4.46. The summed E-state index contributed by atoms with van der Waals surface area (Å²) in [5.41, 5.74) is 2.47. The van der Waals surface area contributed by atoms with Gasteiger partial charge in [-0.15, -0.1) is 0 Å². The maximum Gasteiger partial charge on any atom is 0.123 e. The Bertz CT molecular complexity index is 573. The van der Waals surface area contributed by atoms with Crippen molar-refractivity contribution in [2.75, 3.05) is 6.54 Å². The normalized spacial score (nSPS) is 12.4. The predicted molar refractivity (Wildman–Crippen MR) is 83.1 cm³/mol. The summed E-state index contributed by atoms with van der Waals surface area (Å²) in [7, 11) is 0. The fourth-order valence-corrected chi connectivity index (χ4v) is 2.92. The quantitative estimate of drug-likeness (QED) is 0.824. The van der Waals surface area contributed by atoms with Gasteiger partial charge in [-0.25, -0.2) is 4.39 Å². The first kappa shape index (κ1) is 15.3. The van der Waals surface area contributed by atoms with Crippen LogP contribution in [0.1, 0.15) is 29.7 Å².